The van der Waals surface area contributed by atoms with Gasteiger partial charge in [0, 0.05) is 33.7 Å². The normalized spacial score (nSPS) is 11.4. The Labute approximate surface area is 126 Å². The number of benzene rings is 1. The van der Waals surface area contributed by atoms with Crippen molar-refractivity contribution in [3.63, 3.8) is 0 Å². The summed E-state index contributed by atoms with van der Waals surface area (Å²) in [5.74, 6) is -0.109. The fourth-order valence-electron chi connectivity index (χ4n) is 1.88. The molecule has 0 spiro atoms. The zero-order chi connectivity index (χ0) is 15.9. The Morgan fingerprint density at radius 2 is 1.95 bits per heavy atom. The van der Waals surface area contributed by atoms with Gasteiger partial charge in [-0.05, 0) is 18.6 Å². The van der Waals surface area contributed by atoms with Crippen LogP contribution in [0.25, 0.3) is 0 Å². The molecule has 118 valence electrons. The van der Waals surface area contributed by atoms with E-state index in [0.29, 0.717) is 25.3 Å². The summed E-state index contributed by atoms with van der Waals surface area (Å²) in [4.78, 5) is 13.2. The highest BCUT2D eigenvalue weighted by molar-refractivity contribution is 7.89. The van der Waals surface area contributed by atoms with Crippen molar-refractivity contribution in [2.24, 2.45) is 0 Å². The van der Waals surface area contributed by atoms with Crippen LogP contribution in [0, 0.1) is 6.92 Å². The summed E-state index contributed by atoms with van der Waals surface area (Å²) in [6.45, 7) is 4.53. The summed E-state index contributed by atoms with van der Waals surface area (Å²) in [6.07, 6.45) is 0. The van der Waals surface area contributed by atoms with Crippen molar-refractivity contribution in [1.29, 1.82) is 0 Å². The van der Waals surface area contributed by atoms with Gasteiger partial charge < -0.3 is 9.64 Å². The van der Waals surface area contributed by atoms with Gasteiger partial charge in [0.2, 0.25) is 15.9 Å². The number of sulfonamides is 1. The van der Waals surface area contributed by atoms with Gasteiger partial charge in [0.15, 0.2) is 0 Å². The van der Waals surface area contributed by atoms with Crippen molar-refractivity contribution in [2.75, 3.05) is 33.4 Å². The molecule has 7 heteroatoms. The van der Waals surface area contributed by atoms with Gasteiger partial charge in [-0.1, -0.05) is 18.2 Å². The quantitative estimate of drug-likeness (QED) is 0.769. The second-order valence-electron chi connectivity index (χ2n) is 4.66. The van der Waals surface area contributed by atoms with Crippen LogP contribution in [0.5, 0.6) is 0 Å². The molecule has 0 aromatic heterocycles. The lowest BCUT2D eigenvalue weighted by Gasteiger charge is -2.20. The number of nitrogens with one attached hydrogen (secondary N) is 1. The highest BCUT2D eigenvalue weighted by atomic mass is 32.2. The molecule has 0 saturated carbocycles. The molecule has 6 nitrogen and oxygen atoms in total. The predicted octanol–water partition coefficient (Wildman–Crippen LogP) is 0.768. The number of ether oxygens (including phenoxy) is 1. The molecule has 0 radical (unpaired) electrons. The van der Waals surface area contributed by atoms with Gasteiger partial charge in [-0.15, -0.1) is 0 Å². The summed E-state index contributed by atoms with van der Waals surface area (Å²) in [5.41, 5.74) is 0.688. The van der Waals surface area contributed by atoms with Crippen molar-refractivity contribution in [2.45, 2.75) is 18.7 Å². The van der Waals surface area contributed by atoms with Gasteiger partial charge in [0.1, 0.15) is 0 Å². The van der Waals surface area contributed by atoms with E-state index in [1.807, 2.05) is 0 Å². The molecule has 1 aromatic carbocycles. The zero-order valence-electron chi connectivity index (χ0n) is 12.6. The number of hydrogen-bond donors (Lipinski definition) is 1. The largest absolute Gasteiger partial charge is 0.383 e. The molecule has 1 N–H and O–H groups in total. The molecule has 1 rings (SSSR count). The minimum absolute atomic E-state index is 0.109. The van der Waals surface area contributed by atoms with E-state index in [-0.39, 0.29) is 17.3 Å². The average Bonchev–Trinajstić information content (AvgIpc) is 2.42. The predicted molar refractivity (Wildman–Crippen MR) is 80.5 cm³/mol. The third-order valence-electron chi connectivity index (χ3n) is 3.07. The minimum atomic E-state index is -3.55. The Balaban J connectivity index is 2.61. The fourth-order valence-corrected chi connectivity index (χ4v) is 3.14. The Morgan fingerprint density at radius 1 is 1.29 bits per heavy atom. The number of carbonyl (C=O) groups is 1. The molecule has 21 heavy (non-hydrogen) atoms. The Bertz CT molecular complexity index is 572. The van der Waals surface area contributed by atoms with Crippen molar-refractivity contribution in [1.82, 2.24) is 9.62 Å². The maximum Gasteiger partial charge on any atom is 0.240 e. The average molecular weight is 314 g/mol. The summed E-state index contributed by atoms with van der Waals surface area (Å²) in [7, 11) is -2.00. The second-order valence-corrected chi connectivity index (χ2v) is 6.40. The van der Waals surface area contributed by atoms with E-state index in [9.17, 15) is 13.2 Å². The minimum Gasteiger partial charge on any atom is -0.383 e. The first-order valence-electron chi connectivity index (χ1n) is 6.68. The van der Waals surface area contributed by atoms with Crippen LogP contribution in [0.1, 0.15) is 12.5 Å². The number of aryl methyl sites for hydroxylation is 1. The number of nitrogens with zero attached hydrogens (tertiary/aromatic N) is 1. The van der Waals surface area contributed by atoms with Crippen LogP contribution >= 0.6 is 0 Å². The maximum atomic E-state index is 12.2. The second kappa shape index (κ2) is 8.11. The van der Waals surface area contributed by atoms with Crippen molar-refractivity contribution in [3.05, 3.63) is 29.8 Å². The Hall–Kier alpha value is -1.44. The van der Waals surface area contributed by atoms with Crippen LogP contribution in [0.4, 0.5) is 0 Å². The number of rotatable bonds is 8. The fraction of sp³-hybridized carbons (Fsp3) is 0.500. The number of amides is 1. The summed E-state index contributed by atoms with van der Waals surface area (Å²) < 4.78 is 31.8. The molecule has 0 saturated heterocycles. The number of hydrogen-bond acceptors (Lipinski definition) is 4. The molecule has 0 aliphatic carbocycles. The molecule has 1 amide bonds. The number of carbonyl (C=O) groups excluding carboxylic acids is 1. The first-order valence-corrected chi connectivity index (χ1v) is 8.16. The monoisotopic (exact) mass is 314 g/mol. The van der Waals surface area contributed by atoms with Crippen LogP contribution in [0.3, 0.4) is 0 Å². The van der Waals surface area contributed by atoms with Crippen molar-refractivity contribution in [3.8, 4) is 0 Å². The van der Waals surface area contributed by atoms with Crippen LogP contribution < -0.4 is 4.72 Å². The first kappa shape index (κ1) is 17.6. The van der Waals surface area contributed by atoms with E-state index in [4.69, 9.17) is 4.74 Å². The standard InChI is InChI=1S/C14H22N2O4S/c1-12-6-4-5-7-14(12)21(18,19)15-8-9-16(13(2)17)10-11-20-3/h4-7,15H,8-11H2,1-3H3. The van der Waals surface area contributed by atoms with Gasteiger partial charge in [0.25, 0.3) is 0 Å². The smallest absolute Gasteiger partial charge is 0.240 e. The molecule has 0 aliphatic rings. The highest BCUT2D eigenvalue weighted by Crippen LogP contribution is 2.13. The van der Waals surface area contributed by atoms with E-state index in [1.54, 1.807) is 43.2 Å². The highest BCUT2D eigenvalue weighted by Gasteiger charge is 2.16. The van der Waals surface area contributed by atoms with Crippen LogP contribution in [-0.4, -0.2) is 52.6 Å². The summed E-state index contributed by atoms with van der Waals surface area (Å²) in [5, 5.41) is 0. The topological polar surface area (TPSA) is 75.7 Å². The van der Waals surface area contributed by atoms with E-state index in [2.05, 4.69) is 4.72 Å². The van der Waals surface area contributed by atoms with E-state index in [0.717, 1.165) is 0 Å². The molecule has 0 atom stereocenters. The summed E-state index contributed by atoms with van der Waals surface area (Å²) >= 11 is 0. The lowest BCUT2D eigenvalue weighted by molar-refractivity contribution is -0.129. The van der Waals surface area contributed by atoms with Gasteiger partial charge in [-0.3, -0.25) is 4.79 Å². The molecule has 0 fully saturated rings. The van der Waals surface area contributed by atoms with Gasteiger partial charge in [-0.2, -0.15) is 0 Å². The van der Waals surface area contributed by atoms with Gasteiger partial charge >= 0.3 is 0 Å². The molecular formula is C14H22N2O4S. The summed E-state index contributed by atoms with van der Waals surface area (Å²) in [6, 6.07) is 6.78. The molecule has 0 bridgehead atoms. The maximum absolute atomic E-state index is 12.2. The van der Waals surface area contributed by atoms with E-state index >= 15 is 0 Å². The first-order chi connectivity index (χ1) is 9.88. The van der Waals surface area contributed by atoms with Gasteiger partial charge in [0.05, 0.1) is 11.5 Å². The van der Waals surface area contributed by atoms with Crippen molar-refractivity contribution < 1.29 is 17.9 Å². The molecule has 1 aromatic rings. The van der Waals surface area contributed by atoms with Crippen LogP contribution in [0.15, 0.2) is 29.2 Å². The third-order valence-corrected chi connectivity index (χ3v) is 4.69. The lowest BCUT2D eigenvalue weighted by Crippen LogP contribution is -2.39. The van der Waals surface area contributed by atoms with E-state index < -0.39 is 10.0 Å². The molecular weight excluding hydrogens is 292 g/mol. The molecule has 0 heterocycles. The SMILES string of the molecule is COCCN(CCNS(=O)(=O)c1ccccc1C)C(C)=O. The van der Waals surface area contributed by atoms with Crippen molar-refractivity contribution >= 4 is 15.9 Å². The number of methoxy groups -OCH3 is 1. The lowest BCUT2D eigenvalue weighted by atomic mass is 10.2. The molecule has 0 aliphatic heterocycles. The van der Waals surface area contributed by atoms with Crippen LogP contribution in [-0.2, 0) is 19.6 Å². The van der Waals surface area contributed by atoms with E-state index in [1.165, 1.54) is 6.92 Å². The molecule has 0 unspecified atom stereocenters. The zero-order valence-corrected chi connectivity index (χ0v) is 13.4. The Morgan fingerprint density at radius 3 is 2.52 bits per heavy atom. The van der Waals surface area contributed by atoms with Crippen LogP contribution in [0.2, 0.25) is 0 Å². The Kier molecular flexibility index (Phi) is 6.80. The third kappa shape index (κ3) is 5.45. The van der Waals surface area contributed by atoms with Gasteiger partial charge in [-0.25, -0.2) is 13.1 Å².